The number of aromatic nitrogens is 2. The first-order valence-electron chi connectivity index (χ1n) is 7.37. The molecule has 1 atom stereocenters. The minimum atomic E-state index is 0.111. The van der Waals surface area contributed by atoms with Gasteiger partial charge in [0.2, 0.25) is 0 Å². The van der Waals surface area contributed by atoms with E-state index in [9.17, 15) is 4.79 Å². The summed E-state index contributed by atoms with van der Waals surface area (Å²) >= 11 is 0. The van der Waals surface area contributed by atoms with Crippen LogP contribution in [0.4, 0.5) is 0 Å². The van der Waals surface area contributed by atoms with Crippen LogP contribution in [-0.2, 0) is 4.79 Å². The number of imidazole rings is 1. The summed E-state index contributed by atoms with van der Waals surface area (Å²) in [6.45, 7) is 8.05. The average molecular weight is 288 g/mol. The molecule has 114 valence electrons. The van der Waals surface area contributed by atoms with Gasteiger partial charge in [-0.25, -0.2) is 4.98 Å². The molecule has 5 heteroatoms. The Labute approximate surface area is 126 Å². The highest BCUT2D eigenvalue weighted by atomic mass is 16.2. The lowest BCUT2D eigenvalue weighted by Gasteiger charge is -2.41. The number of piperazine rings is 1. The molecular formula is C16H24N4O. The Balaban J connectivity index is 2.14. The zero-order chi connectivity index (χ0) is 15.4. The van der Waals surface area contributed by atoms with Crippen molar-refractivity contribution in [1.82, 2.24) is 19.4 Å². The molecule has 2 rings (SSSR count). The molecule has 1 aliphatic heterocycles. The van der Waals surface area contributed by atoms with Crippen molar-refractivity contribution in [3.05, 3.63) is 36.6 Å². The van der Waals surface area contributed by atoms with Gasteiger partial charge in [-0.15, -0.1) is 0 Å². The van der Waals surface area contributed by atoms with Crippen molar-refractivity contribution in [3.63, 3.8) is 0 Å². The molecular weight excluding hydrogens is 264 g/mol. The van der Waals surface area contributed by atoms with Crippen molar-refractivity contribution in [2.45, 2.75) is 26.8 Å². The highest BCUT2D eigenvalue weighted by Crippen LogP contribution is 2.19. The third-order valence-corrected chi connectivity index (χ3v) is 3.56. The molecule has 0 spiro atoms. The van der Waals surface area contributed by atoms with Gasteiger partial charge in [-0.3, -0.25) is 4.79 Å². The molecule has 1 aliphatic rings. The number of hydrogen-bond acceptors (Lipinski definition) is 3. The lowest BCUT2D eigenvalue weighted by atomic mass is 10.1. The molecule has 1 unspecified atom stereocenters. The second-order valence-corrected chi connectivity index (χ2v) is 5.98. The third kappa shape index (κ3) is 3.74. The number of likely N-dealkylation sites (N-methyl/N-ethyl adjacent to an activating group) is 1. The minimum absolute atomic E-state index is 0.111. The smallest absolute Gasteiger partial charge is 0.270 e. The molecule has 1 saturated heterocycles. The number of hydrogen-bond donors (Lipinski definition) is 0. The number of allylic oxidation sites excluding steroid dienone is 2. The van der Waals surface area contributed by atoms with E-state index < -0.39 is 0 Å². The van der Waals surface area contributed by atoms with Gasteiger partial charge in [-0.2, -0.15) is 0 Å². The summed E-state index contributed by atoms with van der Waals surface area (Å²) in [5.41, 5.74) is 0.741. The second kappa shape index (κ2) is 6.61. The Hall–Kier alpha value is -2.04. The van der Waals surface area contributed by atoms with Gasteiger partial charge in [-0.1, -0.05) is 13.8 Å². The zero-order valence-corrected chi connectivity index (χ0v) is 13.2. The highest BCUT2D eigenvalue weighted by molar-refractivity contribution is 5.94. The van der Waals surface area contributed by atoms with Gasteiger partial charge < -0.3 is 14.4 Å². The first kappa shape index (κ1) is 15.4. The number of carbonyl (C=O) groups excluding carboxylic acids is 1. The molecule has 0 N–H and O–H groups in total. The van der Waals surface area contributed by atoms with Crippen LogP contribution in [0.3, 0.4) is 0 Å². The Morgan fingerprint density at radius 1 is 1.48 bits per heavy atom. The van der Waals surface area contributed by atoms with Crippen LogP contribution in [0.1, 0.15) is 20.8 Å². The summed E-state index contributed by atoms with van der Waals surface area (Å²) in [6.07, 6.45) is 10.9. The summed E-state index contributed by atoms with van der Waals surface area (Å²) in [5.74, 6) is 0.586. The highest BCUT2D eigenvalue weighted by Gasteiger charge is 2.31. The number of nitrogens with zero attached hydrogens (tertiary/aromatic N) is 4. The monoisotopic (exact) mass is 288 g/mol. The number of carbonyl (C=O) groups is 1. The van der Waals surface area contributed by atoms with Crippen LogP contribution in [-0.4, -0.2) is 51.4 Å². The largest absolute Gasteiger partial charge is 0.368 e. The molecule has 0 bridgehead atoms. The molecule has 5 nitrogen and oxygen atoms in total. The van der Waals surface area contributed by atoms with E-state index in [1.807, 2.05) is 46.0 Å². The predicted octanol–water partition coefficient (Wildman–Crippen LogP) is 2.06. The number of amides is 1. The maximum atomic E-state index is 12.6. The molecule has 0 aromatic carbocycles. The molecule has 1 aromatic heterocycles. The van der Waals surface area contributed by atoms with Crippen molar-refractivity contribution in [2.24, 2.45) is 5.92 Å². The van der Waals surface area contributed by atoms with E-state index in [1.54, 1.807) is 12.5 Å². The van der Waals surface area contributed by atoms with Crippen LogP contribution >= 0.6 is 0 Å². The Kier molecular flexibility index (Phi) is 4.83. The zero-order valence-electron chi connectivity index (χ0n) is 13.2. The fourth-order valence-electron chi connectivity index (χ4n) is 2.55. The van der Waals surface area contributed by atoms with E-state index in [4.69, 9.17) is 0 Å². The molecule has 1 amide bonds. The summed E-state index contributed by atoms with van der Waals surface area (Å²) in [7, 11) is 1.97. The van der Waals surface area contributed by atoms with Gasteiger partial charge >= 0.3 is 0 Å². The Morgan fingerprint density at radius 3 is 2.86 bits per heavy atom. The summed E-state index contributed by atoms with van der Waals surface area (Å²) < 4.78 is 1.85. The van der Waals surface area contributed by atoms with Crippen molar-refractivity contribution >= 4 is 12.1 Å². The first-order valence-corrected chi connectivity index (χ1v) is 7.37. The van der Waals surface area contributed by atoms with E-state index in [0.717, 1.165) is 18.8 Å². The van der Waals surface area contributed by atoms with Crippen LogP contribution in [0.25, 0.3) is 6.20 Å². The van der Waals surface area contributed by atoms with Crippen LogP contribution in [0.15, 0.2) is 36.6 Å². The first-order chi connectivity index (χ1) is 9.99. The maximum absolute atomic E-state index is 12.6. The van der Waals surface area contributed by atoms with Crippen molar-refractivity contribution in [2.75, 3.05) is 20.1 Å². The van der Waals surface area contributed by atoms with Crippen molar-refractivity contribution in [3.8, 4) is 0 Å². The SMILES string of the molecule is CC(C)CN1C(=O)/C(=C/C=C/n2ccnc2)N(C)CC1C. The van der Waals surface area contributed by atoms with E-state index in [2.05, 4.69) is 25.8 Å². The standard InChI is InChI=1S/C16H24N4O/c1-13(2)10-20-14(3)11-18(4)15(16(20)21)6-5-8-19-9-7-17-12-19/h5-9,12-14H,10-11H2,1-4H3/b8-5+,15-6-. The van der Waals surface area contributed by atoms with Gasteiger partial charge in [0.25, 0.3) is 5.91 Å². The lowest BCUT2D eigenvalue weighted by molar-refractivity contribution is -0.134. The van der Waals surface area contributed by atoms with E-state index in [0.29, 0.717) is 5.92 Å². The molecule has 21 heavy (non-hydrogen) atoms. The van der Waals surface area contributed by atoms with Crippen molar-refractivity contribution < 1.29 is 4.79 Å². The number of rotatable bonds is 4. The minimum Gasteiger partial charge on any atom is -0.368 e. The normalized spacial score (nSPS) is 22.0. The van der Waals surface area contributed by atoms with E-state index >= 15 is 0 Å². The van der Waals surface area contributed by atoms with Gasteiger partial charge in [0.15, 0.2) is 0 Å². The maximum Gasteiger partial charge on any atom is 0.270 e. The van der Waals surface area contributed by atoms with Crippen LogP contribution < -0.4 is 0 Å². The molecule has 0 aliphatic carbocycles. The Morgan fingerprint density at radius 2 is 2.24 bits per heavy atom. The summed E-state index contributed by atoms with van der Waals surface area (Å²) in [4.78, 5) is 20.6. The fourth-order valence-corrected chi connectivity index (χ4v) is 2.55. The second-order valence-electron chi connectivity index (χ2n) is 5.98. The van der Waals surface area contributed by atoms with Crippen molar-refractivity contribution in [1.29, 1.82) is 0 Å². The molecule has 1 fully saturated rings. The van der Waals surface area contributed by atoms with Gasteiger partial charge in [0.1, 0.15) is 5.70 Å². The van der Waals surface area contributed by atoms with Crippen LogP contribution in [0.5, 0.6) is 0 Å². The van der Waals surface area contributed by atoms with Gasteiger partial charge in [0, 0.05) is 44.8 Å². The third-order valence-electron chi connectivity index (χ3n) is 3.56. The quantitative estimate of drug-likeness (QED) is 0.796. The molecule has 1 aromatic rings. The van der Waals surface area contributed by atoms with Gasteiger partial charge in [-0.05, 0) is 25.0 Å². The summed E-state index contributed by atoms with van der Waals surface area (Å²) in [5, 5.41) is 0. The predicted molar refractivity (Wildman–Crippen MR) is 84.3 cm³/mol. The van der Waals surface area contributed by atoms with Crippen LogP contribution in [0, 0.1) is 5.92 Å². The average Bonchev–Trinajstić information content (AvgIpc) is 2.91. The van der Waals surface area contributed by atoms with E-state index in [1.165, 1.54) is 0 Å². The Bertz CT molecular complexity index is 530. The molecule has 0 radical (unpaired) electrons. The fraction of sp³-hybridized carbons (Fsp3) is 0.500. The van der Waals surface area contributed by atoms with Crippen LogP contribution in [0.2, 0.25) is 0 Å². The van der Waals surface area contributed by atoms with E-state index in [-0.39, 0.29) is 11.9 Å². The molecule has 2 heterocycles. The topological polar surface area (TPSA) is 41.4 Å². The molecule has 0 saturated carbocycles. The lowest BCUT2D eigenvalue weighted by Crippen LogP contribution is -2.53. The van der Waals surface area contributed by atoms with Gasteiger partial charge in [0.05, 0.1) is 6.33 Å². The summed E-state index contributed by atoms with van der Waals surface area (Å²) in [6, 6.07) is 0.250.